The summed E-state index contributed by atoms with van der Waals surface area (Å²) in [5, 5.41) is 2.75. The summed E-state index contributed by atoms with van der Waals surface area (Å²) in [6.07, 6.45) is 1.87. The second-order valence-corrected chi connectivity index (χ2v) is 3.32. The Labute approximate surface area is 119 Å². The van der Waals surface area contributed by atoms with E-state index in [0.29, 0.717) is 13.0 Å². The Balaban J connectivity index is 0. The van der Waals surface area contributed by atoms with E-state index in [4.69, 9.17) is 10.5 Å². The maximum absolute atomic E-state index is 11.5. The second-order valence-electron chi connectivity index (χ2n) is 3.32. The van der Waals surface area contributed by atoms with Crippen molar-refractivity contribution < 1.29 is 9.53 Å². The topological polar surface area (TPSA) is 77.2 Å². The number of aromatic nitrogens is 1. The first-order valence-corrected chi connectivity index (χ1v) is 5.18. The summed E-state index contributed by atoms with van der Waals surface area (Å²) >= 11 is 0. The number of nitrogens with one attached hydrogen (secondary N) is 1. The highest BCUT2D eigenvalue weighted by Gasteiger charge is 2.14. The molecule has 3 N–H and O–H groups in total. The first kappa shape index (κ1) is 19.5. The van der Waals surface area contributed by atoms with Crippen LogP contribution in [0.25, 0.3) is 0 Å². The monoisotopic (exact) mass is 295 g/mol. The van der Waals surface area contributed by atoms with E-state index in [1.807, 2.05) is 18.2 Å². The molecule has 104 valence electrons. The summed E-state index contributed by atoms with van der Waals surface area (Å²) in [6.45, 7) is 0.724. The number of methoxy groups -OCH3 is 1. The summed E-state index contributed by atoms with van der Waals surface area (Å²) in [4.78, 5) is 15.6. The molecule has 1 aromatic rings. The van der Waals surface area contributed by atoms with Gasteiger partial charge < -0.3 is 15.8 Å². The smallest absolute Gasteiger partial charge is 0.250 e. The maximum atomic E-state index is 11.5. The maximum Gasteiger partial charge on any atom is 0.250 e. The van der Waals surface area contributed by atoms with Gasteiger partial charge in [0.1, 0.15) is 6.10 Å². The van der Waals surface area contributed by atoms with Crippen LogP contribution < -0.4 is 11.1 Å². The number of hydrogen-bond donors (Lipinski definition) is 2. The normalized spacial score (nSPS) is 10.8. The minimum atomic E-state index is -0.566. The average molecular weight is 296 g/mol. The van der Waals surface area contributed by atoms with Gasteiger partial charge in [-0.1, -0.05) is 6.07 Å². The number of amides is 1. The van der Waals surface area contributed by atoms with Gasteiger partial charge >= 0.3 is 0 Å². The van der Waals surface area contributed by atoms with Crippen molar-refractivity contribution in [2.45, 2.75) is 12.5 Å². The van der Waals surface area contributed by atoms with Crippen molar-refractivity contribution in [3.63, 3.8) is 0 Å². The molecule has 0 aromatic carbocycles. The third kappa shape index (κ3) is 6.76. The largest absolute Gasteiger partial charge is 0.370 e. The molecular formula is C11H19Cl2N3O2. The number of nitrogens with two attached hydrogens (primary N) is 1. The molecule has 0 aliphatic heterocycles. The van der Waals surface area contributed by atoms with E-state index in [0.717, 1.165) is 5.69 Å². The molecule has 7 heteroatoms. The fourth-order valence-corrected chi connectivity index (χ4v) is 1.28. The van der Waals surface area contributed by atoms with E-state index >= 15 is 0 Å². The molecule has 1 rings (SSSR count). The molecule has 1 unspecified atom stereocenters. The lowest BCUT2D eigenvalue weighted by Crippen LogP contribution is -2.41. The molecule has 0 saturated heterocycles. The molecule has 0 aliphatic carbocycles. The Morgan fingerprint density at radius 2 is 2.22 bits per heavy atom. The van der Waals surface area contributed by atoms with Crippen LogP contribution in [0.4, 0.5) is 0 Å². The Morgan fingerprint density at radius 3 is 2.72 bits per heavy atom. The Morgan fingerprint density at radius 1 is 1.50 bits per heavy atom. The van der Waals surface area contributed by atoms with Crippen LogP contribution in [0.15, 0.2) is 24.4 Å². The highest BCUT2D eigenvalue weighted by molar-refractivity contribution is 5.85. The van der Waals surface area contributed by atoms with Gasteiger partial charge in [0.05, 0.1) is 0 Å². The summed E-state index contributed by atoms with van der Waals surface area (Å²) in [5.74, 6) is -0.180. The van der Waals surface area contributed by atoms with Crippen molar-refractivity contribution in [3.05, 3.63) is 30.1 Å². The first-order chi connectivity index (χ1) is 7.77. The Kier molecular flexibility index (Phi) is 12.1. The van der Waals surface area contributed by atoms with Gasteiger partial charge in [0.2, 0.25) is 5.91 Å². The van der Waals surface area contributed by atoms with Gasteiger partial charge in [-0.25, -0.2) is 0 Å². The summed E-state index contributed by atoms with van der Waals surface area (Å²) in [6, 6.07) is 5.70. The molecule has 1 heterocycles. The zero-order valence-electron chi connectivity index (χ0n) is 10.2. The molecule has 5 nitrogen and oxygen atoms in total. The minimum absolute atomic E-state index is 0. The van der Waals surface area contributed by atoms with Crippen LogP contribution in [0, 0.1) is 0 Å². The lowest BCUT2D eigenvalue weighted by molar-refractivity contribution is -0.130. The van der Waals surface area contributed by atoms with E-state index in [2.05, 4.69) is 10.3 Å². The van der Waals surface area contributed by atoms with Crippen molar-refractivity contribution in [2.75, 3.05) is 20.2 Å². The number of hydrogen-bond acceptors (Lipinski definition) is 4. The molecule has 18 heavy (non-hydrogen) atoms. The van der Waals surface area contributed by atoms with Crippen LogP contribution in [-0.4, -0.2) is 37.2 Å². The fourth-order valence-electron chi connectivity index (χ4n) is 1.28. The molecule has 0 saturated carbocycles. The zero-order chi connectivity index (χ0) is 11.8. The lowest BCUT2D eigenvalue weighted by Gasteiger charge is -2.12. The number of nitrogens with zero attached hydrogens (tertiary/aromatic N) is 1. The van der Waals surface area contributed by atoms with Crippen LogP contribution in [0.2, 0.25) is 0 Å². The predicted molar refractivity (Wildman–Crippen MR) is 75.3 cm³/mol. The summed E-state index contributed by atoms with van der Waals surface area (Å²) < 4.78 is 4.91. The van der Waals surface area contributed by atoms with E-state index in [1.165, 1.54) is 7.11 Å². The van der Waals surface area contributed by atoms with E-state index in [1.54, 1.807) is 6.20 Å². The number of pyridine rings is 1. The lowest BCUT2D eigenvalue weighted by atomic mass is 10.2. The standard InChI is InChI=1S/C11H17N3O2.2ClH/c1-16-10(8-12)11(15)14-7-5-9-4-2-3-6-13-9;;/h2-4,6,10H,5,7-8,12H2,1H3,(H,14,15);2*1H. The molecule has 1 amide bonds. The van der Waals surface area contributed by atoms with Crippen LogP contribution in [0.3, 0.4) is 0 Å². The Bertz CT molecular complexity index is 321. The number of ether oxygens (including phenoxy) is 1. The number of halogens is 2. The van der Waals surface area contributed by atoms with E-state index in [9.17, 15) is 4.79 Å². The van der Waals surface area contributed by atoms with Gasteiger partial charge in [0.25, 0.3) is 0 Å². The molecule has 0 radical (unpaired) electrons. The SMILES string of the molecule is COC(CN)C(=O)NCCc1ccccn1.Cl.Cl. The summed E-state index contributed by atoms with van der Waals surface area (Å²) in [5.41, 5.74) is 6.32. The minimum Gasteiger partial charge on any atom is -0.370 e. The Hall–Kier alpha value is -0.880. The van der Waals surface area contributed by atoms with Crippen molar-refractivity contribution in [1.82, 2.24) is 10.3 Å². The van der Waals surface area contributed by atoms with Gasteiger partial charge in [-0.05, 0) is 12.1 Å². The fraction of sp³-hybridized carbons (Fsp3) is 0.455. The number of carbonyl (C=O) groups is 1. The molecule has 1 atom stereocenters. The van der Waals surface area contributed by atoms with Crippen LogP contribution in [0.1, 0.15) is 5.69 Å². The van der Waals surface area contributed by atoms with Gasteiger partial charge in [-0.15, -0.1) is 24.8 Å². The zero-order valence-corrected chi connectivity index (χ0v) is 11.8. The highest BCUT2D eigenvalue weighted by atomic mass is 35.5. The van der Waals surface area contributed by atoms with Crippen molar-refractivity contribution in [3.8, 4) is 0 Å². The van der Waals surface area contributed by atoms with Crippen molar-refractivity contribution in [1.29, 1.82) is 0 Å². The summed E-state index contributed by atoms with van der Waals surface area (Å²) in [7, 11) is 1.47. The van der Waals surface area contributed by atoms with Crippen molar-refractivity contribution >= 4 is 30.7 Å². The quantitative estimate of drug-likeness (QED) is 0.804. The number of rotatable bonds is 6. The molecular weight excluding hydrogens is 277 g/mol. The van der Waals surface area contributed by atoms with Gasteiger partial charge in [-0.2, -0.15) is 0 Å². The van der Waals surface area contributed by atoms with Gasteiger partial charge in [0, 0.05) is 38.5 Å². The molecule has 0 aliphatic rings. The molecule has 0 fully saturated rings. The van der Waals surface area contributed by atoms with Gasteiger partial charge in [0.15, 0.2) is 0 Å². The van der Waals surface area contributed by atoms with Crippen LogP contribution in [-0.2, 0) is 16.0 Å². The van der Waals surface area contributed by atoms with E-state index in [-0.39, 0.29) is 37.3 Å². The third-order valence-electron chi connectivity index (χ3n) is 2.20. The van der Waals surface area contributed by atoms with E-state index < -0.39 is 6.10 Å². The highest BCUT2D eigenvalue weighted by Crippen LogP contribution is 1.93. The van der Waals surface area contributed by atoms with Crippen LogP contribution >= 0.6 is 24.8 Å². The molecule has 0 spiro atoms. The first-order valence-electron chi connectivity index (χ1n) is 5.18. The second kappa shape index (κ2) is 11.2. The molecule has 1 aromatic heterocycles. The van der Waals surface area contributed by atoms with Gasteiger partial charge in [-0.3, -0.25) is 9.78 Å². The molecule has 0 bridgehead atoms. The third-order valence-corrected chi connectivity index (χ3v) is 2.20. The predicted octanol–water partition coefficient (Wildman–Crippen LogP) is 0.558. The van der Waals surface area contributed by atoms with Crippen LogP contribution in [0.5, 0.6) is 0 Å². The number of carbonyl (C=O) groups excluding carboxylic acids is 1. The average Bonchev–Trinajstić information content (AvgIpc) is 2.32. The van der Waals surface area contributed by atoms with Crippen molar-refractivity contribution in [2.24, 2.45) is 5.73 Å².